The number of carbonyl (C=O) groups excluding carboxylic acids is 1. The third-order valence-electron chi connectivity index (χ3n) is 7.34. The van der Waals surface area contributed by atoms with E-state index in [4.69, 9.17) is 0 Å². The van der Waals surface area contributed by atoms with Crippen LogP contribution in [0, 0.1) is 5.92 Å². The summed E-state index contributed by atoms with van der Waals surface area (Å²) in [5.74, 6) is 0.586. The first-order valence-electron chi connectivity index (χ1n) is 12.0. The first kappa shape index (κ1) is 25.6. The number of benzene rings is 1. The van der Waals surface area contributed by atoms with Crippen molar-refractivity contribution in [3.63, 3.8) is 0 Å². The predicted molar refractivity (Wildman–Crippen MR) is 133 cm³/mol. The average molecular weight is 464 g/mol. The van der Waals surface area contributed by atoms with Gasteiger partial charge >= 0.3 is 183 Å². The molecule has 2 aliphatic carbocycles. The fourth-order valence-corrected chi connectivity index (χ4v) is 10.8. The van der Waals surface area contributed by atoms with Gasteiger partial charge in [0.05, 0.1) is 0 Å². The molecule has 1 saturated carbocycles. The molecule has 0 saturated heterocycles. The van der Waals surface area contributed by atoms with Crippen molar-refractivity contribution in [1.29, 1.82) is 0 Å². The summed E-state index contributed by atoms with van der Waals surface area (Å²) in [5.41, 5.74) is 5.75. The Balaban J connectivity index is 0.00000320. The Morgan fingerprint density at radius 2 is 1.37 bits per heavy atom. The van der Waals surface area contributed by atoms with Crippen LogP contribution in [0.15, 0.2) is 29.8 Å². The molecule has 2 aliphatic rings. The first-order chi connectivity index (χ1) is 13.9. The summed E-state index contributed by atoms with van der Waals surface area (Å²) < 4.78 is 4.13. The van der Waals surface area contributed by atoms with Crippen LogP contribution in [-0.2, 0) is 21.6 Å². The molecular formula is C26H45NOSiTi. The number of carbonyl (C=O) groups is 1. The zero-order valence-corrected chi connectivity index (χ0v) is 20.7. The topological polar surface area (TPSA) is 29.1 Å². The van der Waals surface area contributed by atoms with E-state index in [1.54, 1.807) is 0 Å². The smallest absolute Gasteiger partial charge is 0.0149 e. The van der Waals surface area contributed by atoms with Crippen molar-refractivity contribution in [2.45, 2.75) is 99.2 Å². The molecule has 1 fully saturated rings. The van der Waals surface area contributed by atoms with Gasteiger partial charge in [-0.3, -0.25) is 0 Å². The Bertz CT molecular complexity index is 730. The number of hydrogen-bond donors (Lipinski definition) is 1. The van der Waals surface area contributed by atoms with E-state index in [2.05, 4.69) is 52.4 Å². The number of hydrogen-bond acceptors (Lipinski definition) is 1. The van der Waals surface area contributed by atoms with Gasteiger partial charge in [0.15, 0.2) is 0 Å². The number of fused-ring (bicyclic) bond motifs is 1. The van der Waals surface area contributed by atoms with Crippen LogP contribution in [0.4, 0.5) is 0 Å². The number of allylic oxidation sites excluding steroid dienone is 2. The molecule has 1 atom stereocenters. The molecule has 168 valence electrons. The molecule has 0 aliphatic heterocycles. The molecule has 1 aromatic rings. The molecule has 2 nitrogen and oxygen atoms in total. The van der Waals surface area contributed by atoms with Gasteiger partial charge in [0.25, 0.3) is 0 Å². The maximum Gasteiger partial charge on any atom is -0.0149 e. The summed E-state index contributed by atoms with van der Waals surface area (Å²) >= 11 is -2.60. The van der Waals surface area contributed by atoms with E-state index in [9.17, 15) is 4.79 Å². The van der Waals surface area contributed by atoms with E-state index < -0.39 is 16.8 Å². The maximum atomic E-state index is 13.4. The van der Waals surface area contributed by atoms with Crippen LogP contribution in [0.25, 0.3) is 5.57 Å². The molecule has 0 bridgehead atoms. The molecule has 1 aromatic carbocycles. The van der Waals surface area contributed by atoms with Crippen LogP contribution in [0.3, 0.4) is 0 Å². The molecule has 0 aromatic heterocycles. The van der Waals surface area contributed by atoms with Gasteiger partial charge in [0.2, 0.25) is 0 Å². The molecule has 1 N–H and O–H groups in total. The summed E-state index contributed by atoms with van der Waals surface area (Å²) in [6, 6.07) is 8.84. The minimum absolute atomic E-state index is 0. The Labute approximate surface area is 193 Å². The Morgan fingerprint density at radius 1 is 0.867 bits per heavy atom. The summed E-state index contributed by atoms with van der Waals surface area (Å²) in [5, 5.41) is 4.80. The molecular weight excluding hydrogens is 418 g/mol. The third kappa shape index (κ3) is 6.20. The van der Waals surface area contributed by atoms with Gasteiger partial charge in [0, 0.05) is 0 Å². The van der Waals surface area contributed by atoms with E-state index in [1.807, 2.05) is 0 Å². The quantitative estimate of drug-likeness (QED) is 0.525. The van der Waals surface area contributed by atoms with E-state index in [1.165, 1.54) is 80.1 Å². The third-order valence-corrected chi connectivity index (χ3v) is 12.2. The van der Waals surface area contributed by atoms with Gasteiger partial charge in [-0.1, -0.05) is 0 Å². The zero-order valence-electron chi connectivity index (χ0n) is 19.2. The SMILES string of the molecule is CC1=C(C)[CH]([Ti]([CH3])([CH3])[NH]C(=O)C2CCCCCCCCCCC2)c2ccccc21.[SiH4]. The summed E-state index contributed by atoms with van der Waals surface area (Å²) in [4.78, 5) is 13.4. The molecule has 4 heteroatoms. The molecule has 0 spiro atoms. The first-order valence-corrected chi connectivity index (χ1v) is 16.8. The summed E-state index contributed by atoms with van der Waals surface area (Å²) in [6.45, 7) is 4.54. The van der Waals surface area contributed by atoms with Crippen molar-refractivity contribution in [2.24, 2.45) is 5.92 Å². The Morgan fingerprint density at radius 3 is 1.93 bits per heavy atom. The van der Waals surface area contributed by atoms with Crippen LogP contribution in [0.2, 0.25) is 10.5 Å². The van der Waals surface area contributed by atoms with E-state index in [0.29, 0.717) is 10.1 Å². The van der Waals surface area contributed by atoms with Gasteiger partial charge in [-0.05, 0) is 11.0 Å². The minimum Gasteiger partial charge on any atom is -0.0149 e. The fourth-order valence-electron chi connectivity index (χ4n) is 5.60. The van der Waals surface area contributed by atoms with Gasteiger partial charge in [-0.25, -0.2) is 0 Å². The number of nitrogens with one attached hydrogen (secondary N) is 1. The fraction of sp³-hybridized carbons (Fsp3) is 0.654. The molecule has 1 unspecified atom stereocenters. The van der Waals surface area contributed by atoms with Gasteiger partial charge < -0.3 is 0 Å². The molecule has 0 radical (unpaired) electrons. The number of amides is 1. The Hall–Kier alpha value is -0.639. The zero-order chi connectivity index (χ0) is 20.9. The minimum atomic E-state index is -2.60. The van der Waals surface area contributed by atoms with E-state index in [-0.39, 0.29) is 16.9 Å². The number of rotatable bonds is 3. The summed E-state index contributed by atoms with van der Waals surface area (Å²) in [6.07, 6.45) is 14.1. The van der Waals surface area contributed by atoms with E-state index >= 15 is 0 Å². The van der Waals surface area contributed by atoms with Crippen LogP contribution in [0.1, 0.15) is 99.8 Å². The maximum absolute atomic E-state index is 13.4. The average Bonchev–Trinajstić information content (AvgIpc) is 2.93. The molecule has 1 amide bonds. The van der Waals surface area contributed by atoms with Gasteiger partial charge in [-0.2, -0.15) is 0 Å². The van der Waals surface area contributed by atoms with Crippen molar-refractivity contribution >= 4 is 22.4 Å². The Kier molecular flexibility index (Phi) is 10.1. The monoisotopic (exact) mass is 463 g/mol. The molecule has 30 heavy (non-hydrogen) atoms. The van der Waals surface area contributed by atoms with Crippen molar-refractivity contribution in [2.75, 3.05) is 0 Å². The normalized spacial score (nSPS) is 21.8. The van der Waals surface area contributed by atoms with Crippen LogP contribution >= 0.6 is 0 Å². The van der Waals surface area contributed by atoms with Crippen molar-refractivity contribution in [1.82, 2.24) is 3.80 Å². The summed E-state index contributed by atoms with van der Waals surface area (Å²) in [7, 11) is 0. The predicted octanol–water partition coefficient (Wildman–Crippen LogP) is 6.29. The van der Waals surface area contributed by atoms with Crippen molar-refractivity contribution < 1.29 is 21.6 Å². The van der Waals surface area contributed by atoms with Gasteiger partial charge in [0.1, 0.15) is 0 Å². The second kappa shape index (κ2) is 11.8. The second-order valence-electron chi connectivity index (χ2n) is 10.00. The van der Waals surface area contributed by atoms with Crippen LogP contribution in [-0.4, -0.2) is 16.9 Å². The standard InChI is InChI=1S/C13H25NO.C11H11.2CH3.H4Si.Ti/c14-13(15)12-10-8-6-4-2-1-3-5-7-9-11-12;1-8-7-10-5-3-4-6-11(10)9(8)2;;;;/h12H,1-11H2,(H2,14,15);3-7H,1-2H3;2*1H3;1H4;/q;;;;;+1/p-1. The largest absolute Gasteiger partial charge is 0.0149 e. The second-order valence-corrected chi connectivity index (χ2v) is 16.7. The van der Waals surface area contributed by atoms with E-state index in [0.717, 1.165) is 12.8 Å². The van der Waals surface area contributed by atoms with Crippen molar-refractivity contribution in [3.05, 3.63) is 41.0 Å². The van der Waals surface area contributed by atoms with Crippen LogP contribution < -0.4 is 3.80 Å². The van der Waals surface area contributed by atoms with Crippen molar-refractivity contribution in [3.8, 4) is 0 Å². The van der Waals surface area contributed by atoms with Crippen LogP contribution in [0.5, 0.6) is 0 Å². The van der Waals surface area contributed by atoms with Gasteiger partial charge in [-0.15, -0.1) is 0 Å². The molecule has 3 rings (SSSR count). The molecule has 0 heterocycles.